The second-order valence-corrected chi connectivity index (χ2v) is 8.07. The molecule has 0 amide bonds. The summed E-state index contributed by atoms with van der Waals surface area (Å²) in [5, 5.41) is 0. The number of benzene rings is 2. The topological polar surface area (TPSA) is 64.6 Å². The van der Waals surface area contributed by atoms with E-state index in [2.05, 4.69) is 36.6 Å². The second-order valence-electron chi connectivity index (χ2n) is 4.71. The van der Waals surface area contributed by atoms with Crippen LogP contribution in [-0.2, 0) is 10.0 Å². The average molecular weight is 465 g/mol. The van der Waals surface area contributed by atoms with Crippen LogP contribution in [-0.4, -0.2) is 22.6 Å². The fourth-order valence-corrected chi connectivity index (χ4v) is 4.29. The standard InChI is InChI=1S/C15H15Br2NO4S/c1-9-6-10(4-5-11(9)16)18-23(19,20)15-8-14(22-3)13(21-2)7-12(15)17/h4-8,18H,1-3H3. The SMILES string of the molecule is COc1cc(Br)c(S(=O)(=O)Nc2ccc(Br)c(C)c2)cc1OC. The van der Waals surface area contributed by atoms with Crippen LogP contribution in [0.2, 0.25) is 0 Å². The van der Waals surface area contributed by atoms with Crippen LogP contribution in [0.4, 0.5) is 5.69 Å². The fourth-order valence-electron chi connectivity index (χ4n) is 1.96. The van der Waals surface area contributed by atoms with E-state index in [1.807, 2.05) is 6.92 Å². The van der Waals surface area contributed by atoms with E-state index in [-0.39, 0.29) is 4.90 Å². The molecule has 0 aromatic heterocycles. The van der Waals surface area contributed by atoms with Gasteiger partial charge in [0, 0.05) is 20.7 Å². The Kier molecular flexibility index (Phi) is 5.59. The number of halogens is 2. The van der Waals surface area contributed by atoms with Crippen molar-refractivity contribution in [1.29, 1.82) is 0 Å². The van der Waals surface area contributed by atoms with Gasteiger partial charge in [-0.05, 0) is 52.7 Å². The summed E-state index contributed by atoms with van der Waals surface area (Å²) in [6.07, 6.45) is 0. The van der Waals surface area contributed by atoms with Gasteiger partial charge in [-0.2, -0.15) is 0 Å². The zero-order valence-electron chi connectivity index (χ0n) is 12.7. The molecule has 0 fully saturated rings. The molecule has 0 saturated carbocycles. The molecule has 0 radical (unpaired) electrons. The Hall–Kier alpha value is -1.25. The van der Waals surface area contributed by atoms with Gasteiger partial charge in [0.25, 0.3) is 10.0 Å². The first kappa shape index (κ1) is 18.1. The minimum Gasteiger partial charge on any atom is -0.493 e. The lowest BCUT2D eigenvalue weighted by molar-refractivity contribution is 0.353. The Labute approximate surface area is 152 Å². The van der Waals surface area contributed by atoms with Crippen molar-refractivity contribution in [2.75, 3.05) is 18.9 Å². The van der Waals surface area contributed by atoms with Crippen molar-refractivity contribution in [3.8, 4) is 11.5 Å². The molecule has 0 bridgehead atoms. The first-order valence-electron chi connectivity index (χ1n) is 6.49. The van der Waals surface area contributed by atoms with Crippen LogP contribution in [0.5, 0.6) is 11.5 Å². The summed E-state index contributed by atoms with van der Waals surface area (Å²) in [6.45, 7) is 1.88. The predicted octanol–water partition coefficient (Wildman–Crippen LogP) is 4.34. The summed E-state index contributed by atoms with van der Waals surface area (Å²) in [5.74, 6) is 0.779. The van der Waals surface area contributed by atoms with Crippen molar-refractivity contribution >= 4 is 47.6 Å². The van der Waals surface area contributed by atoms with Crippen LogP contribution in [0.15, 0.2) is 44.2 Å². The first-order valence-corrected chi connectivity index (χ1v) is 9.56. The van der Waals surface area contributed by atoms with Crippen molar-refractivity contribution in [2.24, 2.45) is 0 Å². The quantitative estimate of drug-likeness (QED) is 0.714. The van der Waals surface area contributed by atoms with E-state index in [1.165, 1.54) is 20.3 Å². The monoisotopic (exact) mass is 463 g/mol. The van der Waals surface area contributed by atoms with Gasteiger partial charge in [-0.15, -0.1) is 0 Å². The van der Waals surface area contributed by atoms with Gasteiger partial charge in [-0.3, -0.25) is 4.72 Å². The Bertz CT molecular complexity index is 838. The van der Waals surface area contributed by atoms with Crippen molar-refractivity contribution in [2.45, 2.75) is 11.8 Å². The number of hydrogen-bond acceptors (Lipinski definition) is 4. The number of nitrogens with one attached hydrogen (secondary N) is 1. The lowest BCUT2D eigenvalue weighted by Crippen LogP contribution is -2.14. The molecule has 124 valence electrons. The first-order chi connectivity index (χ1) is 10.8. The minimum atomic E-state index is -3.78. The molecule has 0 aliphatic heterocycles. The van der Waals surface area contributed by atoms with Gasteiger partial charge in [0.2, 0.25) is 0 Å². The van der Waals surface area contributed by atoms with Crippen LogP contribution in [0.3, 0.4) is 0 Å². The van der Waals surface area contributed by atoms with E-state index in [1.54, 1.807) is 24.3 Å². The molecule has 8 heteroatoms. The van der Waals surface area contributed by atoms with Gasteiger partial charge in [0.15, 0.2) is 11.5 Å². The highest BCUT2D eigenvalue weighted by molar-refractivity contribution is 9.10. The van der Waals surface area contributed by atoms with E-state index in [0.29, 0.717) is 21.7 Å². The van der Waals surface area contributed by atoms with Crippen LogP contribution in [0.1, 0.15) is 5.56 Å². The number of rotatable bonds is 5. The van der Waals surface area contributed by atoms with Gasteiger partial charge in [-0.25, -0.2) is 8.42 Å². The highest BCUT2D eigenvalue weighted by Crippen LogP contribution is 2.36. The third kappa shape index (κ3) is 3.99. The minimum absolute atomic E-state index is 0.0655. The summed E-state index contributed by atoms with van der Waals surface area (Å²) < 4.78 is 39.5. The van der Waals surface area contributed by atoms with Gasteiger partial charge in [-0.1, -0.05) is 15.9 Å². The van der Waals surface area contributed by atoms with Crippen LogP contribution in [0.25, 0.3) is 0 Å². The van der Waals surface area contributed by atoms with E-state index in [9.17, 15) is 8.42 Å². The molecule has 0 heterocycles. The molecule has 2 aromatic rings. The van der Waals surface area contributed by atoms with Crippen LogP contribution >= 0.6 is 31.9 Å². The Morgan fingerprint density at radius 1 is 0.957 bits per heavy atom. The molecule has 0 saturated heterocycles. The normalized spacial score (nSPS) is 11.2. The van der Waals surface area contributed by atoms with Gasteiger partial charge in [0.1, 0.15) is 4.90 Å². The van der Waals surface area contributed by atoms with Crippen molar-refractivity contribution < 1.29 is 17.9 Å². The predicted molar refractivity (Wildman–Crippen MR) is 96.9 cm³/mol. The highest BCUT2D eigenvalue weighted by atomic mass is 79.9. The molecule has 23 heavy (non-hydrogen) atoms. The molecule has 2 aromatic carbocycles. The smallest absolute Gasteiger partial charge is 0.263 e. The van der Waals surface area contributed by atoms with E-state index >= 15 is 0 Å². The highest BCUT2D eigenvalue weighted by Gasteiger charge is 2.21. The second kappa shape index (κ2) is 7.11. The number of ether oxygens (including phenoxy) is 2. The molecule has 2 rings (SSSR count). The fraction of sp³-hybridized carbons (Fsp3) is 0.200. The largest absolute Gasteiger partial charge is 0.493 e. The zero-order valence-corrected chi connectivity index (χ0v) is 16.7. The summed E-state index contributed by atoms with van der Waals surface area (Å²) in [4.78, 5) is 0.0655. The number of aryl methyl sites for hydroxylation is 1. The third-order valence-electron chi connectivity index (χ3n) is 3.14. The molecule has 0 unspecified atom stereocenters. The van der Waals surface area contributed by atoms with E-state index < -0.39 is 10.0 Å². The van der Waals surface area contributed by atoms with Crippen molar-refractivity contribution in [3.63, 3.8) is 0 Å². The van der Waals surface area contributed by atoms with Gasteiger partial charge < -0.3 is 9.47 Å². The molecule has 0 aliphatic rings. The Balaban J connectivity index is 2.45. The average Bonchev–Trinajstić information content (AvgIpc) is 2.50. The van der Waals surface area contributed by atoms with Crippen molar-refractivity contribution in [1.82, 2.24) is 0 Å². The third-order valence-corrected chi connectivity index (χ3v) is 6.37. The number of anilines is 1. The maximum Gasteiger partial charge on any atom is 0.263 e. The van der Waals surface area contributed by atoms with Crippen LogP contribution < -0.4 is 14.2 Å². The molecular weight excluding hydrogens is 450 g/mol. The Morgan fingerprint density at radius 3 is 2.13 bits per heavy atom. The summed E-state index contributed by atoms with van der Waals surface area (Å²) in [7, 11) is -0.839. The molecular formula is C15H15Br2NO4S. The van der Waals surface area contributed by atoms with Crippen LogP contribution in [0, 0.1) is 6.92 Å². The molecule has 0 atom stereocenters. The Morgan fingerprint density at radius 2 is 1.57 bits per heavy atom. The summed E-state index contributed by atoms with van der Waals surface area (Å²) in [6, 6.07) is 8.19. The molecule has 0 spiro atoms. The van der Waals surface area contributed by atoms with Gasteiger partial charge >= 0.3 is 0 Å². The molecule has 5 nitrogen and oxygen atoms in total. The maximum absolute atomic E-state index is 12.6. The number of hydrogen-bond donors (Lipinski definition) is 1. The maximum atomic E-state index is 12.6. The number of sulfonamides is 1. The van der Waals surface area contributed by atoms with Gasteiger partial charge in [0.05, 0.1) is 14.2 Å². The summed E-state index contributed by atoms with van der Waals surface area (Å²) >= 11 is 6.65. The molecule has 1 N–H and O–H groups in total. The van der Waals surface area contributed by atoms with Crippen molar-refractivity contribution in [3.05, 3.63) is 44.8 Å². The number of methoxy groups -OCH3 is 2. The zero-order chi connectivity index (χ0) is 17.2. The lowest BCUT2D eigenvalue weighted by atomic mass is 10.2. The lowest BCUT2D eigenvalue weighted by Gasteiger charge is -2.14. The van der Waals surface area contributed by atoms with E-state index in [0.717, 1.165) is 10.0 Å². The van der Waals surface area contributed by atoms with E-state index in [4.69, 9.17) is 9.47 Å². The molecule has 0 aliphatic carbocycles. The summed E-state index contributed by atoms with van der Waals surface area (Å²) in [5.41, 5.74) is 1.41.